The molecule has 1 heterocycles. The van der Waals surface area contributed by atoms with Crippen molar-refractivity contribution in [2.24, 2.45) is 5.92 Å². The SMILES string of the molecule is CCCC(C)NCC1CCOC1CC. The van der Waals surface area contributed by atoms with Gasteiger partial charge in [-0.2, -0.15) is 0 Å². The molecule has 3 unspecified atom stereocenters. The first-order valence-corrected chi connectivity index (χ1v) is 6.12. The molecule has 0 amide bonds. The molecule has 2 heteroatoms. The molecule has 0 aromatic rings. The summed E-state index contributed by atoms with van der Waals surface area (Å²) in [7, 11) is 0. The highest BCUT2D eigenvalue weighted by molar-refractivity contribution is 4.78. The molecule has 2 nitrogen and oxygen atoms in total. The van der Waals surface area contributed by atoms with E-state index in [1.165, 1.54) is 19.3 Å². The van der Waals surface area contributed by atoms with E-state index >= 15 is 0 Å². The van der Waals surface area contributed by atoms with Gasteiger partial charge in [-0.15, -0.1) is 0 Å². The minimum absolute atomic E-state index is 0.510. The molecule has 0 aromatic carbocycles. The number of ether oxygens (including phenoxy) is 1. The zero-order chi connectivity index (χ0) is 10.4. The predicted octanol–water partition coefficient (Wildman–Crippen LogP) is 2.58. The lowest BCUT2D eigenvalue weighted by Crippen LogP contribution is -2.34. The predicted molar refractivity (Wildman–Crippen MR) is 60.5 cm³/mol. The Bertz CT molecular complexity index is 149. The largest absolute Gasteiger partial charge is 0.378 e. The van der Waals surface area contributed by atoms with Gasteiger partial charge in [-0.3, -0.25) is 0 Å². The highest BCUT2D eigenvalue weighted by atomic mass is 16.5. The van der Waals surface area contributed by atoms with Crippen LogP contribution in [0.4, 0.5) is 0 Å². The van der Waals surface area contributed by atoms with Gasteiger partial charge in [0.25, 0.3) is 0 Å². The topological polar surface area (TPSA) is 21.3 Å². The Labute approximate surface area is 88.4 Å². The molecule has 3 atom stereocenters. The second-order valence-corrected chi connectivity index (χ2v) is 4.46. The summed E-state index contributed by atoms with van der Waals surface area (Å²) < 4.78 is 5.67. The minimum Gasteiger partial charge on any atom is -0.378 e. The van der Waals surface area contributed by atoms with Crippen LogP contribution in [0.5, 0.6) is 0 Å². The van der Waals surface area contributed by atoms with Crippen molar-refractivity contribution in [1.29, 1.82) is 0 Å². The van der Waals surface area contributed by atoms with E-state index in [9.17, 15) is 0 Å². The molecule has 1 N–H and O–H groups in total. The smallest absolute Gasteiger partial charge is 0.0613 e. The van der Waals surface area contributed by atoms with Gasteiger partial charge in [-0.05, 0) is 32.1 Å². The van der Waals surface area contributed by atoms with Crippen molar-refractivity contribution < 1.29 is 4.74 Å². The normalized spacial score (nSPS) is 29.4. The minimum atomic E-state index is 0.510. The summed E-state index contributed by atoms with van der Waals surface area (Å²) in [6.07, 6.45) is 5.46. The molecule has 14 heavy (non-hydrogen) atoms. The molecule has 1 aliphatic rings. The van der Waals surface area contributed by atoms with E-state index in [0.29, 0.717) is 12.1 Å². The zero-order valence-electron chi connectivity index (χ0n) is 9.88. The summed E-state index contributed by atoms with van der Waals surface area (Å²) in [4.78, 5) is 0. The fraction of sp³-hybridized carbons (Fsp3) is 1.00. The van der Waals surface area contributed by atoms with E-state index in [2.05, 4.69) is 26.1 Å². The summed E-state index contributed by atoms with van der Waals surface area (Å²) in [5.74, 6) is 0.749. The Morgan fingerprint density at radius 2 is 2.21 bits per heavy atom. The van der Waals surface area contributed by atoms with Crippen LogP contribution in [0.15, 0.2) is 0 Å². The second-order valence-electron chi connectivity index (χ2n) is 4.46. The van der Waals surface area contributed by atoms with E-state index in [1.807, 2.05) is 0 Å². The van der Waals surface area contributed by atoms with E-state index in [4.69, 9.17) is 4.74 Å². The second kappa shape index (κ2) is 6.41. The molecule has 1 fully saturated rings. The van der Waals surface area contributed by atoms with Crippen LogP contribution >= 0.6 is 0 Å². The standard InChI is InChI=1S/C12H25NO/c1-4-6-10(3)13-9-11-7-8-14-12(11)5-2/h10-13H,4-9H2,1-3H3. The summed E-state index contributed by atoms with van der Waals surface area (Å²) in [5, 5.41) is 3.61. The highest BCUT2D eigenvalue weighted by Gasteiger charge is 2.26. The Balaban J connectivity index is 2.16. The van der Waals surface area contributed by atoms with Crippen molar-refractivity contribution in [3.8, 4) is 0 Å². The first kappa shape index (κ1) is 12.0. The van der Waals surface area contributed by atoms with E-state index in [1.54, 1.807) is 0 Å². The molecule has 84 valence electrons. The Kier molecular flexibility index (Phi) is 5.49. The van der Waals surface area contributed by atoms with E-state index in [-0.39, 0.29) is 0 Å². The van der Waals surface area contributed by atoms with Crippen LogP contribution in [0, 0.1) is 5.92 Å². The summed E-state index contributed by atoms with van der Waals surface area (Å²) >= 11 is 0. The zero-order valence-corrected chi connectivity index (χ0v) is 9.88. The highest BCUT2D eigenvalue weighted by Crippen LogP contribution is 2.22. The molecule has 1 saturated heterocycles. The van der Waals surface area contributed by atoms with Crippen LogP contribution in [-0.4, -0.2) is 25.3 Å². The van der Waals surface area contributed by atoms with Crippen molar-refractivity contribution >= 4 is 0 Å². The Morgan fingerprint density at radius 1 is 1.43 bits per heavy atom. The average Bonchev–Trinajstić information content (AvgIpc) is 2.62. The van der Waals surface area contributed by atoms with Crippen molar-refractivity contribution in [3.05, 3.63) is 0 Å². The first-order chi connectivity index (χ1) is 6.77. The maximum Gasteiger partial charge on any atom is 0.0613 e. The van der Waals surface area contributed by atoms with Gasteiger partial charge in [-0.1, -0.05) is 20.3 Å². The van der Waals surface area contributed by atoms with Crippen molar-refractivity contribution in [2.75, 3.05) is 13.2 Å². The summed E-state index contributed by atoms with van der Waals surface area (Å²) in [6, 6.07) is 0.665. The lowest BCUT2D eigenvalue weighted by molar-refractivity contribution is 0.0867. The van der Waals surface area contributed by atoms with Crippen molar-refractivity contribution in [1.82, 2.24) is 5.32 Å². The summed E-state index contributed by atoms with van der Waals surface area (Å²) in [6.45, 7) is 8.84. The lowest BCUT2D eigenvalue weighted by atomic mass is 9.99. The number of rotatable bonds is 6. The third-order valence-electron chi connectivity index (χ3n) is 3.20. The van der Waals surface area contributed by atoms with Gasteiger partial charge in [-0.25, -0.2) is 0 Å². The molecule has 0 spiro atoms. The van der Waals surface area contributed by atoms with Gasteiger partial charge < -0.3 is 10.1 Å². The monoisotopic (exact) mass is 199 g/mol. The molecule has 0 bridgehead atoms. The maximum atomic E-state index is 5.67. The average molecular weight is 199 g/mol. The number of hydrogen-bond donors (Lipinski definition) is 1. The van der Waals surface area contributed by atoms with Gasteiger partial charge >= 0.3 is 0 Å². The van der Waals surface area contributed by atoms with Crippen LogP contribution in [0.1, 0.15) is 46.5 Å². The molecule has 0 aliphatic carbocycles. The van der Waals surface area contributed by atoms with Crippen LogP contribution in [0.3, 0.4) is 0 Å². The lowest BCUT2D eigenvalue weighted by Gasteiger charge is -2.20. The van der Waals surface area contributed by atoms with Gasteiger partial charge in [0, 0.05) is 19.2 Å². The molecule has 1 aliphatic heterocycles. The molecule has 0 radical (unpaired) electrons. The molecular weight excluding hydrogens is 174 g/mol. The number of hydrogen-bond acceptors (Lipinski definition) is 2. The van der Waals surface area contributed by atoms with Gasteiger partial charge in [0.2, 0.25) is 0 Å². The van der Waals surface area contributed by atoms with Crippen LogP contribution in [0.25, 0.3) is 0 Å². The van der Waals surface area contributed by atoms with E-state index < -0.39 is 0 Å². The van der Waals surface area contributed by atoms with Gasteiger partial charge in [0.05, 0.1) is 6.10 Å². The van der Waals surface area contributed by atoms with Crippen LogP contribution in [0.2, 0.25) is 0 Å². The van der Waals surface area contributed by atoms with E-state index in [0.717, 1.165) is 25.5 Å². The van der Waals surface area contributed by atoms with Crippen LogP contribution < -0.4 is 5.32 Å². The van der Waals surface area contributed by atoms with Crippen molar-refractivity contribution in [3.63, 3.8) is 0 Å². The molecular formula is C12H25NO. The number of nitrogens with one attached hydrogen (secondary N) is 1. The van der Waals surface area contributed by atoms with Crippen LogP contribution in [-0.2, 0) is 4.74 Å². The molecule has 1 rings (SSSR count). The third kappa shape index (κ3) is 3.58. The van der Waals surface area contributed by atoms with Gasteiger partial charge in [0.15, 0.2) is 0 Å². The Morgan fingerprint density at radius 3 is 2.86 bits per heavy atom. The quantitative estimate of drug-likeness (QED) is 0.710. The van der Waals surface area contributed by atoms with Gasteiger partial charge in [0.1, 0.15) is 0 Å². The maximum absolute atomic E-state index is 5.67. The fourth-order valence-electron chi connectivity index (χ4n) is 2.27. The summed E-state index contributed by atoms with van der Waals surface area (Å²) in [5.41, 5.74) is 0. The first-order valence-electron chi connectivity index (χ1n) is 6.12. The Hall–Kier alpha value is -0.0800. The van der Waals surface area contributed by atoms with Crippen molar-refractivity contribution in [2.45, 2.75) is 58.6 Å². The molecule has 0 aromatic heterocycles. The fourth-order valence-corrected chi connectivity index (χ4v) is 2.27. The third-order valence-corrected chi connectivity index (χ3v) is 3.20. The molecule has 0 saturated carbocycles.